The first-order valence-electron chi connectivity index (χ1n) is 4.21. The zero-order valence-electron chi connectivity index (χ0n) is 7.99. The van der Waals surface area contributed by atoms with E-state index in [0.717, 1.165) is 5.69 Å². The van der Waals surface area contributed by atoms with E-state index in [1.54, 1.807) is 18.2 Å². The average Bonchev–Trinajstić information content (AvgIpc) is 2.41. The third-order valence-corrected chi connectivity index (χ3v) is 2.20. The summed E-state index contributed by atoms with van der Waals surface area (Å²) in [6, 6.07) is 7.07. The molecule has 4 nitrogen and oxygen atoms in total. The number of hydrogen-bond donors (Lipinski definition) is 1. The van der Waals surface area contributed by atoms with Gasteiger partial charge in [-0.1, -0.05) is 12.1 Å². The highest BCUT2D eigenvalue weighted by molar-refractivity contribution is 6.52. The van der Waals surface area contributed by atoms with Crippen molar-refractivity contribution in [1.82, 2.24) is 6.15 Å². The SMILES string of the molecule is CCN1C(=O)C(=O)c2ccccc21.N. The predicted molar refractivity (Wildman–Crippen MR) is 53.8 cm³/mol. The van der Waals surface area contributed by atoms with Gasteiger partial charge in [0.1, 0.15) is 0 Å². The number of amides is 1. The fourth-order valence-corrected chi connectivity index (χ4v) is 1.56. The van der Waals surface area contributed by atoms with Crippen LogP contribution >= 0.6 is 0 Å². The largest absolute Gasteiger partial charge is 0.344 e. The lowest BCUT2D eigenvalue weighted by Gasteiger charge is -2.12. The van der Waals surface area contributed by atoms with Gasteiger partial charge in [-0.3, -0.25) is 9.59 Å². The van der Waals surface area contributed by atoms with Gasteiger partial charge in [0.15, 0.2) is 0 Å². The number of Topliss-reactive ketones (excluding diaryl/α,β-unsaturated/α-hetero) is 1. The second-order valence-corrected chi connectivity index (χ2v) is 2.90. The number of hydrogen-bond acceptors (Lipinski definition) is 3. The molecule has 1 aromatic carbocycles. The molecule has 1 amide bonds. The molecule has 0 radical (unpaired) electrons. The van der Waals surface area contributed by atoms with E-state index >= 15 is 0 Å². The molecule has 0 spiro atoms. The van der Waals surface area contributed by atoms with Gasteiger partial charge in [0.05, 0.1) is 11.3 Å². The van der Waals surface area contributed by atoms with Crippen molar-refractivity contribution >= 4 is 17.4 Å². The summed E-state index contributed by atoms with van der Waals surface area (Å²) in [4.78, 5) is 24.2. The van der Waals surface area contributed by atoms with Crippen molar-refractivity contribution in [3.8, 4) is 0 Å². The maximum atomic E-state index is 11.4. The van der Waals surface area contributed by atoms with E-state index in [2.05, 4.69) is 0 Å². The molecular formula is C10H12N2O2. The third-order valence-electron chi connectivity index (χ3n) is 2.20. The molecule has 0 aliphatic carbocycles. The number of carbonyl (C=O) groups is 2. The van der Waals surface area contributed by atoms with Crippen LogP contribution in [0.2, 0.25) is 0 Å². The van der Waals surface area contributed by atoms with Gasteiger partial charge in [0, 0.05) is 6.54 Å². The second kappa shape index (κ2) is 3.59. The first kappa shape index (κ1) is 10.4. The average molecular weight is 192 g/mol. The molecule has 3 N–H and O–H groups in total. The highest BCUT2D eigenvalue weighted by Crippen LogP contribution is 2.27. The zero-order valence-corrected chi connectivity index (χ0v) is 7.99. The Morgan fingerprint density at radius 1 is 1.21 bits per heavy atom. The maximum Gasteiger partial charge on any atom is 0.299 e. The smallest absolute Gasteiger partial charge is 0.299 e. The van der Waals surface area contributed by atoms with Crippen LogP contribution in [0.25, 0.3) is 0 Å². The van der Waals surface area contributed by atoms with Crippen LogP contribution < -0.4 is 11.1 Å². The Bertz CT molecular complexity index is 387. The molecule has 74 valence electrons. The van der Waals surface area contributed by atoms with Crippen molar-refractivity contribution in [2.45, 2.75) is 6.92 Å². The number of fused-ring (bicyclic) bond motifs is 1. The highest BCUT2D eigenvalue weighted by Gasteiger charge is 2.33. The summed E-state index contributed by atoms with van der Waals surface area (Å²) in [5.74, 6) is -0.804. The lowest BCUT2D eigenvalue weighted by molar-refractivity contribution is -0.114. The lowest BCUT2D eigenvalue weighted by atomic mass is 10.1. The van der Waals surface area contributed by atoms with Gasteiger partial charge in [-0.15, -0.1) is 0 Å². The Balaban J connectivity index is 0.000000980. The number of likely N-dealkylation sites (N-methyl/N-ethyl adjacent to an activating group) is 1. The van der Waals surface area contributed by atoms with E-state index in [1.807, 2.05) is 13.0 Å². The van der Waals surface area contributed by atoms with Crippen LogP contribution in [0.5, 0.6) is 0 Å². The fourth-order valence-electron chi connectivity index (χ4n) is 1.56. The number of carbonyl (C=O) groups excluding carboxylic acids is 2. The quantitative estimate of drug-likeness (QED) is 0.683. The number of para-hydroxylation sites is 1. The normalized spacial score (nSPS) is 13.9. The monoisotopic (exact) mass is 192 g/mol. The van der Waals surface area contributed by atoms with Crippen LogP contribution in [-0.4, -0.2) is 18.2 Å². The van der Waals surface area contributed by atoms with E-state index in [9.17, 15) is 9.59 Å². The molecule has 1 aromatic rings. The van der Waals surface area contributed by atoms with Crippen molar-refractivity contribution in [2.24, 2.45) is 0 Å². The summed E-state index contributed by atoms with van der Waals surface area (Å²) in [5.41, 5.74) is 1.26. The molecule has 1 aliphatic heterocycles. The number of benzene rings is 1. The number of ketones is 1. The molecule has 0 aromatic heterocycles. The van der Waals surface area contributed by atoms with Crippen LogP contribution in [0, 0.1) is 0 Å². The first-order chi connectivity index (χ1) is 6.25. The Kier molecular flexibility index (Phi) is 2.67. The molecule has 0 fully saturated rings. The minimum absolute atomic E-state index is 0. The van der Waals surface area contributed by atoms with E-state index in [-0.39, 0.29) is 6.15 Å². The molecule has 0 saturated heterocycles. The summed E-state index contributed by atoms with van der Waals surface area (Å²) in [6.45, 7) is 2.40. The van der Waals surface area contributed by atoms with Gasteiger partial charge in [-0.25, -0.2) is 0 Å². The number of anilines is 1. The van der Waals surface area contributed by atoms with Gasteiger partial charge in [0.25, 0.3) is 11.7 Å². The molecule has 2 rings (SSSR count). The van der Waals surface area contributed by atoms with Gasteiger partial charge >= 0.3 is 0 Å². The van der Waals surface area contributed by atoms with Crippen LogP contribution in [0.1, 0.15) is 17.3 Å². The molecule has 0 atom stereocenters. The van der Waals surface area contributed by atoms with E-state index in [4.69, 9.17) is 0 Å². The standard InChI is InChI=1S/C10H9NO2.H3N/c1-2-11-8-6-4-3-5-7(8)9(12)10(11)13;/h3-6H,2H2,1H3;1H3. The molecule has 14 heavy (non-hydrogen) atoms. The molecule has 1 heterocycles. The van der Waals surface area contributed by atoms with Crippen LogP contribution in [0.15, 0.2) is 24.3 Å². The number of nitrogens with zero attached hydrogens (tertiary/aromatic N) is 1. The Labute approximate surface area is 82.1 Å². The van der Waals surface area contributed by atoms with Crippen molar-refractivity contribution in [1.29, 1.82) is 0 Å². The highest BCUT2D eigenvalue weighted by atomic mass is 16.2. The minimum Gasteiger partial charge on any atom is -0.344 e. The van der Waals surface area contributed by atoms with Crippen LogP contribution in [0.4, 0.5) is 5.69 Å². The summed E-state index contributed by atoms with van der Waals surface area (Å²) in [7, 11) is 0. The van der Waals surface area contributed by atoms with Gasteiger partial charge in [-0.2, -0.15) is 0 Å². The molecule has 0 unspecified atom stereocenters. The Morgan fingerprint density at radius 3 is 2.50 bits per heavy atom. The summed E-state index contributed by atoms with van der Waals surface area (Å²) >= 11 is 0. The van der Waals surface area contributed by atoms with Crippen molar-refractivity contribution in [3.63, 3.8) is 0 Å². The van der Waals surface area contributed by atoms with Crippen LogP contribution in [-0.2, 0) is 4.79 Å². The van der Waals surface area contributed by atoms with E-state index in [0.29, 0.717) is 12.1 Å². The lowest BCUT2D eigenvalue weighted by Crippen LogP contribution is -2.29. The van der Waals surface area contributed by atoms with E-state index in [1.165, 1.54) is 4.90 Å². The van der Waals surface area contributed by atoms with Crippen molar-refractivity contribution in [2.75, 3.05) is 11.4 Å². The number of rotatable bonds is 1. The van der Waals surface area contributed by atoms with Crippen molar-refractivity contribution in [3.05, 3.63) is 29.8 Å². The summed E-state index contributed by atoms with van der Waals surface area (Å²) < 4.78 is 0. The van der Waals surface area contributed by atoms with Gasteiger partial charge in [-0.05, 0) is 19.1 Å². The molecule has 0 bridgehead atoms. The summed E-state index contributed by atoms with van der Waals surface area (Å²) in [6.07, 6.45) is 0. The topological polar surface area (TPSA) is 72.4 Å². The Hall–Kier alpha value is -1.68. The Morgan fingerprint density at radius 2 is 1.86 bits per heavy atom. The molecule has 1 aliphatic rings. The fraction of sp³-hybridized carbons (Fsp3) is 0.200. The molecule has 4 heteroatoms. The molecular weight excluding hydrogens is 180 g/mol. The predicted octanol–water partition coefficient (Wildman–Crippen LogP) is 1.40. The second-order valence-electron chi connectivity index (χ2n) is 2.90. The van der Waals surface area contributed by atoms with E-state index < -0.39 is 11.7 Å². The molecule has 0 saturated carbocycles. The third kappa shape index (κ3) is 1.20. The summed E-state index contributed by atoms with van der Waals surface area (Å²) in [5, 5.41) is 0. The van der Waals surface area contributed by atoms with Crippen LogP contribution in [0.3, 0.4) is 0 Å². The van der Waals surface area contributed by atoms with Gasteiger partial charge in [0.2, 0.25) is 0 Å². The zero-order chi connectivity index (χ0) is 9.42. The maximum absolute atomic E-state index is 11.4. The van der Waals surface area contributed by atoms with Gasteiger partial charge < -0.3 is 11.1 Å². The first-order valence-corrected chi connectivity index (χ1v) is 4.21. The van der Waals surface area contributed by atoms with Crippen molar-refractivity contribution < 1.29 is 9.59 Å². The minimum atomic E-state index is -0.413.